The summed E-state index contributed by atoms with van der Waals surface area (Å²) in [5, 5.41) is 0. The molecule has 0 N–H and O–H groups in total. The highest BCUT2D eigenvalue weighted by Crippen LogP contribution is 2.19. The van der Waals surface area contributed by atoms with Crippen molar-refractivity contribution in [3.8, 4) is 5.75 Å². The van der Waals surface area contributed by atoms with Gasteiger partial charge in [0.15, 0.2) is 11.6 Å². The fourth-order valence-corrected chi connectivity index (χ4v) is 1.11. The Hall–Kier alpha value is -1.91. The molecule has 0 spiro atoms. The number of allylic oxidation sites excluding steroid dienone is 1. The number of carbonyl (C=O) groups is 1. The van der Waals surface area contributed by atoms with Crippen molar-refractivity contribution in [1.29, 1.82) is 0 Å². The van der Waals surface area contributed by atoms with Gasteiger partial charge in [-0.15, -0.1) is 0 Å². The van der Waals surface area contributed by atoms with Crippen LogP contribution in [0.25, 0.3) is 0 Å². The third kappa shape index (κ3) is 4.22. The molecule has 0 saturated heterocycles. The van der Waals surface area contributed by atoms with Gasteiger partial charge in [0, 0.05) is 6.07 Å². The minimum absolute atomic E-state index is 0.149. The zero-order valence-corrected chi connectivity index (χ0v) is 9.50. The van der Waals surface area contributed by atoms with Crippen molar-refractivity contribution >= 4 is 5.97 Å². The third-order valence-corrected chi connectivity index (χ3v) is 1.77. The molecule has 17 heavy (non-hydrogen) atoms. The molecule has 0 unspecified atom stereocenters. The third-order valence-electron chi connectivity index (χ3n) is 1.77. The molecule has 0 fully saturated rings. The summed E-state index contributed by atoms with van der Waals surface area (Å²) in [6.45, 7) is 3.38. The molecule has 0 aliphatic carbocycles. The summed E-state index contributed by atoms with van der Waals surface area (Å²) >= 11 is 0. The maximum absolute atomic E-state index is 13.2. The van der Waals surface area contributed by atoms with E-state index in [4.69, 9.17) is 4.74 Å². The summed E-state index contributed by atoms with van der Waals surface area (Å²) in [7, 11) is 0. The molecule has 0 aliphatic heterocycles. The monoisotopic (exact) mass is 242 g/mol. The van der Waals surface area contributed by atoms with Gasteiger partial charge in [-0.1, -0.05) is 0 Å². The molecule has 1 rings (SSSR count). The van der Waals surface area contributed by atoms with Crippen LogP contribution in [0.2, 0.25) is 0 Å². The van der Waals surface area contributed by atoms with Crippen LogP contribution in [0, 0.1) is 11.6 Å². The SMILES string of the molecule is CCOC(=O)/C=C(\C)Oc1ccc(F)cc1F. The summed E-state index contributed by atoms with van der Waals surface area (Å²) in [5.74, 6) is -2.09. The molecule has 0 atom stereocenters. The Morgan fingerprint density at radius 1 is 1.41 bits per heavy atom. The molecule has 3 nitrogen and oxygen atoms in total. The zero-order valence-electron chi connectivity index (χ0n) is 9.50. The number of esters is 1. The maximum atomic E-state index is 13.2. The van der Waals surface area contributed by atoms with Crippen molar-refractivity contribution in [2.45, 2.75) is 13.8 Å². The predicted molar refractivity (Wildman–Crippen MR) is 57.4 cm³/mol. The van der Waals surface area contributed by atoms with Crippen LogP contribution in [-0.4, -0.2) is 12.6 Å². The molecular weight excluding hydrogens is 230 g/mol. The van der Waals surface area contributed by atoms with E-state index in [0.29, 0.717) is 6.07 Å². The second kappa shape index (κ2) is 5.98. The lowest BCUT2D eigenvalue weighted by atomic mass is 10.3. The average Bonchev–Trinajstić information content (AvgIpc) is 2.22. The van der Waals surface area contributed by atoms with Crippen LogP contribution in [0.5, 0.6) is 5.75 Å². The average molecular weight is 242 g/mol. The molecular formula is C12H12F2O3. The van der Waals surface area contributed by atoms with E-state index in [1.165, 1.54) is 6.92 Å². The van der Waals surface area contributed by atoms with E-state index in [1.807, 2.05) is 0 Å². The highest BCUT2D eigenvalue weighted by atomic mass is 19.1. The van der Waals surface area contributed by atoms with Crippen LogP contribution in [0.3, 0.4) is 0 Å². The van der Waals surface area contributed by atoms with Gasteiger partial charge in [0.2, 0.25) is 0 Å². The summed E-state index contributed by atoms with van der Waals surface area (Å²) in [6, 6.07) is 2.91. The van der Waals surface area contributed by atoms with Gasteiger partial charge in [-0.25, -0.2) is 13.6 Å². The molecule has 0 amide bonds. The van der Waals surface area contributed by atoms with E-state index >= 15 is 0 Å². The molecule has 0 radical (unpaired) electrons. The van der Waals surface area contributed by atoms with Crippen molar-refractivity contribution in [3.63, 3.8) is 0 Å². The van der Waals surface area contributed by atoms with Gasteiger partial charge >= 0.3 is 5.97 Å². The molecule has 5 heteroatoms. The minimum Gasteiger partial charge on any atom is -0.463 e. The highest BCUT2D eigenvalue weighted by Gasteiger charge is 2.06. The first-order chi connectivity index (χ1) is 8.02. The Bertz CT molecular complexity index is 441. The molecule has 0 aromatic heterocycles. The van der Waals surface area contributed by atoms with Crippen LogP contribution in [0.1, 0.15) is 13.8 Å². The van der Waals surface area contributed by atoms with Gasteiger partial charge in [-0.2, -0.15) is 0 Å². The molecule has 0 saturated carbocycles. The molecule has 0 heterocycles. The first-order valence-electron chi connectivity index (χ1n) is 5.01. The Balaban J connectivity index is 2.74. The zero-order chi connectivity index (χ0) is 12.8. The van der Waals surface area contributed by atoms with E-state index < -0.39 is 17.6 Å². The summed E-state index contributed by atoms with van der Waals surface area (Å²) < 4.78 is 35.5. The van der Waals surface area contributed by atoms with E-state index in [9.17, 15) is 13.6 Å². The lowest BCUT2D eigenvalue weighted by Gasteiger charge is -2.06. The second-order valence-corrected chi connectivity index (χ2v) is 3.18. The topological polar surface area (TPSA) is 35.5 Å². The van der Waals surface area contributed by atoms with Crippen LogP contribution in [0.15, 0.2) is 30.0 Å². The lowest BCUT2D eigenvalue weighted by Crippen LogP contribution is -2.03. The van der Waals surface area contributed by atoms with Crippen molar-refractivity contribution in [3.05, 3.63) is 41.7 Å². The smallest absolute Gasteiger partial charge is 0.334 e. The largest absolute Gasteiger partial charge is 0.463 e. The Morgan fingerprint density at radius 3 is 2.71 bits per heavy atom. The molecule has 0 bridgehead atoms. The van der Waals surface area contributed by atoms with E-state index in [2.05, 4.69) is 4.74 Å². The van der Waals surface area contributed by atoms with Crippen molar-refractivity contribution in [1.82, 2.24) is 0 Å². The summed E-state index contributed by atoms with van der Waals surface area (Å²) in [6.07, 6.45) is 1.09. The van der Waals surface area contributed by atoms with Gasteiger partial charge in [0.05, 0.1) is 12.7 Å². The van der Waals surface area contributed by atoms with Crippen LogP contribution >= 0.6 is 0 Å². The quantitative estimate of drug-likeness (QED) is 0.462. The maximum Gasteiger partial charge on any atom is 0.334 e. The Morgan fingerprint density at radius 2 is 2.12 bits per heavy atom. The fraction of sp³-hybridized carbons (Fsp3) is 0.250. The standard InChI is InChI=1S/C12H12F2O3/c1-3-16-12(15)6-8(2)17-11-5-4-9(13)7-10(11)14/h4-7H,3H2,1-2H3/b8-6+. The first-order valence-corrected chi connectivity index (χ1v) is 5.01. The highest BCUT2D eigenvalue weighted by molar-refractivity contribution is 5.82. The van der Waals surface area contributed by atoms with E-state index in [1.54, 1.807) is 6.92 Å². The number of rotatable bonds is 4. The molecule has 92 valence electrons. The number of carbonyl (C=O) groups excluding carboxylic acids is 1. The van der Waals surface area contributed by atoms with Crippen molar-refractivity contribution in [2.75, 3.05) is 6.61 Å². The Kier molecular flexibility index (Phi) is 4.63. The lowest BCUT2D eigenvalue weighted by molar-refractivity contribution is -0.137. The number of hydrogen-bond acceptors (Lipinski definition) is 3. The number of halogens is 2. The first kappa shape index (κ1) is 13.2. The van der Waals surface area contributed by atoms with Crippen molar-refractivity contribution in [2.24, 2.45) is 0 Å². The normalized spacial score (nSPS) is 11.2. The Labute approximate surface area is 97.7 Å². The number of ether oxygens (including phenoxy) is 2. The van der Waals surface area contributed by atoms with E-state index in [-0.39, 0.29) is 18.1 Å². The van der Waals surface area contributed by atoms with E-state index in [0.717, 1.165) is 18.2 Å². The molecule has 1 aromatic carbocycles. The van der Waals surface area contributed by atoms with Gasteiger partial charge < -0.3 is 9.47 Å². The van der Waals surface area contributed by atoms with Crippen LogP contribution in [-0.2, 0) is 9.53 Å². The minimum atomic E-state index is -0.832. The predicted octanol–water partition coefficient (Wildman–Crippen LogP) is 2.81. The van der Waals surface area contributed by atoms with Crippen LogP contribution < -0.4 is 4.74 Å². The fourth-order valence-electron chi connectivity index (χ4n) is 1.11. The van der Waals surface area contributed by atoms with Gasteiger partial charge in [0.25, 0.3) is 0 Å². The second-order valence-electron chi connectivity index (χ2n) is 3.18. The van der Waals surface area contributed by atoms with Gasteiger partial charge in [-0.3, -0.25) is 0 Å². The number of hydrogen-bond donors (Lipinski definition) is 0. The van der Waals surface area contributed by atoms with Gasteiger partial charge in [-0.05, 0) is 26.0 Å². The molecule has 1 aromatic rings. The summed E-state index contributed by atoms with van der Waals surface area (Å²) in [5.41, 5.74) is 0. The van der Waals surface area contributed by atoms with Gasteiger partial charge in [0.1, 0.15) is 11.6 Å². The number of benzene rings is 1. The van der Waals surface area contributed by atoms with Crippen molar-refractivity contribution < 1.29 is 23.0 Å². The summed E-state index contributed by atoms with van der Waals surface area (Å²) in [4.78, 5) is 11.1. The molecule has 0 aliphatic rings. The van der Waals surface area contributed by atoms with Crippen LogP contribution in [0.4, 0.5) is 8.78 Å².